The zero-order chi connectivity index (χ0) is 11.4. The highest BCUT2D eigenvalue weighted by molar-refractivity contribution is 4.95. The van der Waals surface area contributed by atoms with E-state index in [4.69, 9.17) is 0 Å². The molecule has 0 N–H and O–H groups in total. The fourth-order valence-corrected chi connectivity index (χ4v) is 1.51. The van der Waals surface area contributed by atoms with Crippen LogP contribution in [0.25, 0.3) is 0 Å². The van der Waals surface area contributed by atoms with Gasteiger partial charge in [-0.1, -0.05) is 12.1 Å². The third-order valence-corrected chi connectivity index (χ3v) is 2.38. The van der Waals surface area contributed by atoms with Crippen LogP contribution in [0.15, 0.2) is 58.4 Å². The van der Waals surface area contributed by atoms with Gasteiger partial charge in [-0.15, -0.1) is 0 Å². The molecule has 0 saturated heterocycles. The van der Waals surface area contributed by atoms with Gasteiger partial charge in [0, 0.05) is 37.6 Å². The second kappa shape index (κ2) is 4.61. The summed E-state index contributed by atoms with van der Waals surface area (Å²) in [4.78, 5) is 22.8. The van der Waals surface area contributed by atoms with Gasteiger partial charge in [0.2, 0.25) is 0 Å². The molecule has 0 atom stereocenters. The molecule has 0 amide bonds. The van der Waals surface area contributed by atoms with E-state index in [1.807, 2.05) is 0 Å². The van der Waals surface area contributed by atoms with Crippen LogP contribution in [0.2, 0.25) is 0 Å². The van der Waals surface area contributed by atoms with Crippen LogP contribution in [-0.2, 0) is 13.1 Å². The normalized spacial score (nSPS) is 10.2. The maximum absolute atomic E-state index is 11.4. The SMILES string of the molecule is O=c1ccccn1CCn1ccccc1=O. The van der Waals surface area contributed by atoms with Crippen LogP contribution in [0, 0.1) is 0 Å². The van der Waals surface area contributed by atoms with Gasteiger partial charge >= 0.3 is 0 Å². The van der Waals surface area contributed by atoms with Gasteiger partial charge < -0.3 is 9.13 Å². The number of rotatable bonds is 3. The first-order valence-electron chi connectivity index (χ1n) is 5.08. The van der Waals surface area contributed by atoms with Crippen molar-refractivity contribution in [3.8, 4) is 0 Å². The van der Waals surface area contributed by atoms with Gasteiger partial charge in [0.15, 0.2) is 0 Å². The molecule has 16 heavy (non-hydrogen) atoms. The Morgan fingerprint density at radius 3 is 1.56 bits per heavy atom. The predicted octanol–water partition coefficient (Wildman–Crippen LogP) is 0.710. The number of hydrogen-bond donors (Lipinski definition) is 0. The zero-order valence-electron chi connectivity index (χ0n) is 8.74. The van der Waals surface area contributed by atoms with E-state index in [0.29, 0.717) is 13.1 Å². The minimum Gasteiger partial charge on any atom is -0.314 e. The summed E-state index contributed by atoms with van der Waals surface area (Å²) in [5.74, 6) is 0. The van der Waals surface area contributed by atoms with Crippen molar-refractivity contribution in [1.82, 2.24) is 9.13 Å². The molecule has 2 aromatic rings. The quantitative estimate of drug-likeness (QED) is 0.758. The minimum absolute atomic E-state index is 0.0496. The molecule has 4 nitrogen and oxygen atoms in total. The summed E-state index contributed by atoms with van der Waals surface area (Å²) in [5.41, 5.74) is -0.0991. The summed E-state index contributed by atoms with van der Waals surface area (Å²) >= 11 is 0. The first-order valence-corrected chi connectivity index (χ1v) is 5.08. The standard InChI is InChI=1S/C12H12N2O2/c15-11-5-1-3-7-13(11)9-10-14-8-4-2-6-12(14)16/h1-8H,9-10H2. The molecule has 0 radical (unpaired) electrons. The molecule has 2 rings (SSSR count). The van der Waals surface area contributed by atoms with E-state index >= 15 is 0 Å². The molecule has 0 aliphatic carbocycles. The van der Waals surface area contributed by atoms with E-state index in [1.165, 1.54) is 12.1 Å². The molecule has 2 heterocycles. The number of aromatic nitrogens is 2. The second-order valence-electron chi connectivity index (χ2n) is 3.46. The van der Waals surface area contributed by atoms with Crippen LogP contribution in [0.4, 0.5) is 0 Å². The Bertz CT molecular complexity index is 530. The minimum atomic E-state index is -0.0496. The van der Waals surface area contributed by atoms with Crippen LogP contribution in [0.5, 0.6) is 0 Å². The van der Waals surface area contributed by atoms with Crippen molar-refractivity contribution < 1.29 is 0 Å². The summed E-state index contributed by atoms with van der Waals surface area (Å²) in [6, 6.07) is 10.0. The van der Waals surface area contributed by atoms with E-state index in [9.17, 15) is 9.59 Å². The fourth-order valence-electron chi connectivity index (χ4n) is 1.51. The highest BCUT2D eigenvalue weighted by Crippen LogP contribution is 1.87. The molecule has 4 heteroatoms. The Morgan fingerprint density at radius 1 is 0.750 bits per heavy atom. The zero-order valence-corrected chi connectivity index (χ0v) is 8.74. The molecule has 0 unspecified atom stereocenters. The molecule has 0 saturated carbocycles. The van der Waals surface area contributed by atoms with Crippen molar-refractivity contribution in [2.24, 2.45) is 0 Å². The van der Waals surface area contributed by atoms with E-state index in [1.54, 1.807) is 45.8 Å². The molecule has 0 aromatic carbocycles. The summed E-state index contributed by atoms with van der Waals surface area (Å²) in [5, 5.41) is 0. The maximum Gasteiger partial charge on any atom is 0.250 e. The molecule has 82 valence electrons. The van der Waals surface area contributed by atoms with Crippen molar-refractivity contribution in [3.05, 3.63) is 69.5 Å². The number of nitrogens with zero attached hydrogens (tertiary/aromatic N) is 2. The summed E-state index contributed by atoms with van der Waals surface area (Å²) in [6.07, 6.45) is 3.44. The van der Waals surface area contributed by atoms with Crippen LogP contribution < -0.4 is 11.1 Å². The predicted molar refractivity (Wildman–Crippen MR) is 61.4 cm³/mol. The Morgan fingerprint density at radius 2 is 1.19 bits per heavy atom. The Kier molecular flexibility index (Phi) is 3.00. The lowest BCUT2D eigenvalue weighted by atomic mass is 10.4. The number of aryl methyl sites for hydroxylation is 2. The topological polar surface area (TPSA) is 44.0 Å². The third-order valence-electron chi connectivity index (χ3n) is 2.38. The first-order chi connectivity index (χ1) is 7.77. The lowest BCUT2D eigenvalue weighted by Crippen LogP contribution is -2.25. The van der Waals surface area contributed by atoms with E-state index in [-0.39, 0.29) is 11.1 Å². The molecular weight excluding hydrogens is 204 g/mol. The molecule has 0 aliphatic heterocycles. The monoisotopic (exact) mass is 216 g/mol. The van der Waals surface area contributed by atoms with Crippen molar-refractivity contribution in [2.45, 2.75) is 13.1 Å². The highest BCUT2D eigenvalue weighted by atomic mass is 16.1. The average molecular weight is 216 g/mol. The fraction of sp³-hybridized carbons (Fsp3) is 0.167. The van der Waals surface area contributed by atoms with Crippen LogP contribution in [0.1, 0.15) is 0 Å². The van der Waals surface area contributed by atoms with Gasteiger partial charge in [0.1, 0.15) is 0 Å². The Balaban J connectivity index is 2.15. The Labute approximate surface area is 92.4 Å². The van der Waals surface area contributed by atoms with Crippen molar-refractivity contribution in [2.75, 3.05) is 0 Å². The first kappa shape index (κ1) is 10.4. The van der Waals surface area contributed by atoms with Gasteiger partial charge in [-0.05, 0) is 12.1 Å². The second-order valence-corrected chi connectivity index (χ2v) is 3.46. The molecule has 0 bridgehead atoms. The van der Waals surface area contributed by atoms with Crippen molar-refractivity contribution in [3.63, 3.8) is 0 Å². The Hall–Kier alpha value is -2.10. The molecular formula is C12H12N2O2. The summed E-state index contributed by atoms with van der Waals surface area (Å²) in [6.45, 7) is 1.01. The van der Waals surface area contributed by atoms with Crippen molar-refractivity contribution >= 4 is 0 Å². The summed E-state index contributed by atoms with van der Waals surface area (Å²) in [7, 11) is 0. The maximum atomic E-state index is 11.4. The van der Waals surface area contributed by atoms with Crippen LogP contribution in [0.3, 0.4) is 0 Å². The van der Waals surface area contributed by atoms with Gasteiger partial charge in [-0.3, -0.25) is 9.59 Å². The lowest BCUT2D eigenvalue weighted by Gasteiger charge is -2.06. The van der Waals surface area contributed by atoms with Crippen LogP contribution in [-0.4, -0.2) is 9.13 Å². The van der Waals surface area contributed by atoms with Crippen molar-refractivity contribution in [1.29, 1.82) is 0 Å². The lowest BCUT2D eigenvalue weighted by molar-refractivity contribution is 0.553. The molecule has 0 fully saturated rings. The van der Waals surface area contributed by atoms with E-state index in [0.717, 1.165) is 0 Å². The number of pyridine rings is 2. The van der Waals surface area contributed by atoms with E-state index < -0.39 is 0 Å². The van der Waals surface area contributed by atoms with Gasteiger partial charge in [0.25, 0.3) is 11.1 Å². The largest absolute Gasteiger partial charge is 0.314 e. The van der Waals surface area contributed by atoms with Crippen LogP contribution >= 0.6 is 0 Å². The summed E-state index contributed by atoms with van der Waals surface area (Å²) < 4.78 is 3.17. The number of hydrogen-bond acceptors (Lipinski definition) is 2. The van der Waals surface area contributed by atoms with Gasteiger partial charge in [-0.2, -0.15) is 0 Å². The smallest absolute Gasteiger partial charge is 0.250 e. The average Bonchev–Trinajstić information content (AvgIpc) is 2.30. The van der Waals surface area contributed by atoms with Gasteiger partial charge in [-0.25, -0.2) is 0 Å². The van der Waals surface area contributed by atoms with Gasteiger partial charge in [0.05, 0.1) is 0 Å². The van der Waals surface area contributed by atoms with E-state index in [2.05, 4.69) is 0 Å². The highest BCUT2D eigenvalue weighted by Gasteiger charge is 1.96. The molecule has 0 spiro atoms. The molecule has 0 aliphatic rings. The molecule has 2 aromatic heterocycles. The third kappa shape index (κ3) is 2.28.